The van der Waals surface area contributed by atoms with Gasteiger partial charge in [-0.25, -0.2) is 0 Å². The molecule has 0 atom stereocenters. The Morgan fingerprint density at radius 3 is 2.30 bits per heavy atom. The van der Waals surface area contributed by atoms with Crippen molar-refractivity contribution in [2.45, 2.75) is 6.92 Å². The van der Waals surface area contributed by atoms with Gasteiger partial charge in [-0.15, -0.1) is 0 Å². The quantitative estimate of drug-likeness (QED) is 0.748. The summed E-state index contributed by atoms with van der Waals surface area (Å²) in [5.41, 5.74) is 11.7. The number of nitrogens with zero attached hydrogens (tertiary/aromatic N) is 2. The van der Waals surface area contributed by atoms with E-state index in [0.717, 1.165) is 39.4 Å². The summed E-state index contributed by atoms with van der Waals surface area (Å²) >= 11 is 0. The minimum absolute atomic E-state index is 0.445. The van der Waals surface area contributed by atoms with Crippen LogP contribution in [-0.2, 0) is 0 Å². The molecule has 0 saturated carbocycles. The molecule has 0 spiro atoms. The molecule has 2 N–H and O–H groups in total. The largest absolute Gasteiger partial charge is 0.497 e. The Morgan fingerprint density at radius 1 is 1.04 bits per heavy atom. The Labute approximate surface area is 159 Å². The van der Waals surface area contributed by atoms with Crippen LogP contribution in [0.3, 0.4) is 0 Å². The van der Waals surface area contributed by atoms with Crippen LogP contribution >= 0.6 is 0 Å². The highest BCUT2D eigenvalue weighted by Crippen LogP contribution is 2.34. The number of rotatable bonds is 5. The molecule has 0 aliphatic carbocycles. The van der Waals surface area contributed by atoms with Crippen molar-refractivity contribution in [2.75, 3.05) is 26.1 Å². The van der Waals surface area contributed by atoms with E-state index in [1.165, 1.54) is 0 Å². The lowest BCUT2D eigenvalue weighted by Crippen LogP contribution is -2.13. The smallest absolute Gasteiger partial charge is 0.249 e. The first-order chi connectivity index (χ1) is 12.9. The van der Waals surface area contributed by atoms with Crippen LogP contribution in [0.5, 0.6) is 5.75 Å². The molecule has 5 nitrogen and oxygen atoms in total. The van der Waals surface area contributed by atoms with E-state index < -0.39 is 5.91 Å². The van der Waals surface area contributed by atoms with Crippen molar-refractivity contribution in [3.63, 3.8) is 0 Å². The maximum atomic E-state index is 11.6. The van der Waals surface area contributed by atoms with Crippen molar-refractivity contribution in [1.29, 1.82) is 0 Å². The summed E-state index contributed by atoms with van der Waals surface area (Å²) in [7, 11) is 5.70. The Hall–Kier alpha value is -3.34. The van der Waals surface area contributed by atoms with Gasteiger partial charge in [-0.05, 0) is 42.3 Å². The van der Waals surface area contributed by atoms with Crippen molar-refractivity contribution in [2.24, 2.45) is 5.73 Å². The average Bonchev–Trinajstić information content (AvgIpc) is 2.67. The summed E-state index contributed by atoms with van der Waals surface area (Å²) in [5.74, 6) is 0.367. The van der Waals surface area contributed by atoms with Crippen molar-refractivity contribution in [3.05, 3.63) is 65.9 Å². The summed E-state index contributed by atoms with van der Waals surface area (Å²) < 4.78 is 5.38. The molecular weight excluding hydrogens is 338 g/mol. The van der Waals surface area contributed by atoms with Crippen molar-refractivity contribution < 1.29 is 9.53 Å². The highest BCUT2D eigenvalue weighted by molar-refractivity contribution is 5.95. The minimum atomic E-state index is -0.445. The number of benzene rings is 2. The van der Waals surface area contributed by atoms with E-state index in [-0.39, 0.29) is 0 Å². The fourth-order valence-corrected chi connectivity index (χ4v) is 3.16. The van der Waals surface area contributed by atoms with Gasteiger partial charge >= 0.3 is 0 Å². The highest BCUT2D eigenvalue weighted by atomic mass is 16.5. The molecule has 0 unspecified atom stereocenters. The van der Waals surface area contributed by atoms with Crippen molar-refractivity contribution in [1.82, 2.24) is 4.98 Å². The molecule has 1 aromatic heterocycles. The van der Waals surface area contributed by atoms with Gasteiger partial charge in [0.2, 0.25) is 5.91 Å². The molecule has 5 heteroatoms. The number of pyridine rings is 1. The average molecular weight is 361 g/mol. The van der Waals surface area contributed by atoms with E-state index >= 15 is 0 Å². The van der Waals surface area contributed by atoms with Gasteiger partial charge in [-0.3, -0.25) is 9.78 Å². The van der Waals surface area contributed by atoms with E-state index in [4.69, 9.17) is 10.5 Å². The van der Waals surface area contributed by atoms with Crippen LogP contribution in [0.25, 0.3) is 22.4 Å². The topological polar surface area (TPSA) is 68.4 Å². The fraction of sp³-hybridized carbons (Fsp3) is 0.182. The van der Waals surface area contributed by atoms with Gasteiger partial charge in [0.15, 0.2) is 0 Å². The van der Waals surface area contributed by atoms with Crippen LogP contribution in [0.1, 0.15) is 15.9 Å². The molecule has 2 aromatic carbocycles. The van der Waals surface area contributed by atoms with Crippen LogP contribution in [0, 0.1) is 6.92 Å². The molecule has 0 fully saturated rings. The van der Waals surface area contributed by atoms with E-state index in [1.807, 2.05) is 51.4 Å². The monoisotopic (exact) mass is 361 g/mol. The van der Waals surface area contributed by atoms with Crippen LogP contribution in [0.4, 0.5) is 5.69 Å². The van der Waals surface area contributed by atoms with E-state index in [1.54, 1.807) is 19.4 Å². The predicted molar refractivity (Wildman–Crippen MR) is 109 cm³/mol. The minimum Gasteiger partial charge on any atom is -0.497 e. The number of anilines is 1. The third kappa shape index (κ3) is 3.62. The molecule has 0 aliphatic heterocycles. The third-order valence-corrected chi connectivity index (χ3v) is 4.62. The van der Waals surface area contributed by atoms with Crippen LogP contribution in [0.15, 0.2) is 54.7 Å². The van der Waals surface area contributed by atoms with Gasteiger partial charge in [-0.2, -0.15) is 0 Å². The molecule has 3 rings (SSSR count). The lowest BCUT2D eigenvalue weighted by molar-refractivity contribution is 0.0999. The summed E-state index contributed by atoms with van der Waals surface area (Å²) in [4.78, 5) is 18.1. The van der Waals surface area contributed by atoms with E-state index in [0.29, 0.717) is 5.56 Å². The predicted octanol–water partition coefficient (Wildman–Crippen LogP) is 3.90. The van der Waals surface area contributed by atoms with E-state index in [9.17, 15) is 4.79 Å². The highest BCUT2D eigenvalue weighted by Gasteiger charge is 2.13. The fourth-order valence-electron chi connectivity index (χ4n) is 3.16. The third-order valence-electron chi connectivity index (χ3n) is 4.62. The first kappa shape index (κ1) is 18.5. The zero-order valence-electron chi connectivity index (χ0n) is 16.0. The molecule has 27 heavy (non-hydrogen) atoms. The molecule has 0 saturated heterocycles. The molecule has 1 heterocycles. The zero-order chi connectivity index (χ0) is 19.6. The second kappa shape index (κ2) is 7.50. The van der Waals surface area contributed by atoms with Crippen LogP contribution in [-0.4, -0.2) is 32.1 Å². The van der Waals surface area contributed by atoms with Crippen LogP contribution < -0.4 is 15.4 Å². The molecule has 0 aliphatic rings. The lowest BCUT2D eigenvalue weighted by Gasteiger charge is -2.19. The number of nitrogens with two attached hydrogens (primary N) is 1. The first-order valence-corrected chi connectivity index (χ1v) is 8.64. The van der Waals surface area contributed by atoms with Gasteiger partial charge in [0.05, 0.1) is 12.8 Å². The summed E-state index contributed by atoms with van der Waals surface area (Å²) in [6, 6.07) is 15.8. The van der Waals surface area contributed by atoms with E-state index in [2.05, 4.69) is 22.0 Å². The second-order valence-corrected chi connectivity index (χ2v) is 6.55. The van der Waals surface area contributed by atoms with Crippen LogP contribution in [0.2, 0.25) is 0 Å². The first-order valence-electron chi connectivity index (χ1n) is 8.64. The zero-order valence-corrected chi connectivity index (χ0v) is 16.0. The van der Waals surface area contributed by atoms with Gasteiger partial charge in [0.1, 0.15) is 5.75 Å². The number of carbonyl (C=O) groups is 1. The Balaban J connectivity index is 2.05. The molecular formula is C22H23N3O2. The number of primary amides is 1. The maximum Gasteiger partial charge on any atom is 0.249 e. The van der Waals surface area contributed by atoms with Gasteiger partial charge in [-0.1, -0.05) is 24.3 Å². The SMILES string of the molecule is COc1ccc(N(C)C)c(-c2ccc(-c3nccc(C(N)=O)c3C)cc2)c1. The standard InChI is InChI=1S/C22H23N3O2/c1-14-18(22(23)26)11-12-24-21(14)16-7-5-15(6-8-16)19-13-17(27-4)9-10-20(19)25(2)3/h5-13H,1-4H3,(H2,23,26). The Morgan fingerprint density at radius 2 is 1.70 bits per heavy atom. The number of ether oxygens (including phenoxy) is 1. The maximum absolute atomic E-state index is 11.6. The number of amides is 1. The Bertz CT molecular complexity index is 979. The summed E-state index contributed by atoms with van der Waals surface area (Å²) in [6.45, 7) is 1.86. The Kier molecular flexibility index (Phi) is 5.12. The molecule has 0 radical (unpaired) electrons. The summed E-state index contributed by atoms with van der Waals surface area (Å²) in [6.07, 6.45) is 1.61. The molecule has 1 amide bonds. The van der Waals surface area contributed by atoms with Gasteiger partial charge in [0.25, 0.3) is 0 Å². The molecule has 138 valence electrons. The van der Waals surface area contributed by atoms with Gasteiger partial charge < -0.3 is 15.4 Å². The normalized spacial score (nSPS) is 10.5. The van der Waals surface area contributed by atoms with Crippen molar-refractivity contribution in [3.8, 4) is 28.1 Å². The number of methoxy groups -OCH3 is 1. The number of hydrogen-bond acceptors (Lipinski definition) is 4. The lowest BCUT2D eigenvalue weighted by atomic mass is 9.98. The summed E-state index contributed by atoms with van der Waals surface area (Å²) in [5, 5.41) is 0. The number of carbonyl (C=O) groups excluding carboxylic acids is 1. The van der Waals surface area contributed by atoms with Crippen molar-refractivity contribution >= 4 is 11.6 Å². The molecule has 3 aromatic rings. The number of hydrogen-bond donors (Lipinski definition) is 1. The second-order valence-electron chi connectivity index (χ2n) is 6.55. The van der Waals surface area contributed by atoms with Gasteiger partial charge in [0, 0.05) is 42.7 Å². The molecule has 0 bridgehead atoms. The number of aromatic nitrogens is 1.